The van der Waals surface area contributed by atoms with Crippen LogP contribution in [-0.4, -0.2) is 12.6 Å². The molecule has 1 nitrogen and oxygen atoms in total. The Labute approximate surface area is 95.0 Å². The SMILES string of the molecule is CCNC1CCC(C2CCCCC2)C1C. The molecule has 0 heterocycles. The summed E-state index contributed by atoms with van der Waals surface area (Å²) in [6.07, 6.45) is 10.5. The first kappa shape index (κ1) is 11.4. The van der Waals surface area contributed by atoms with E-state index in [2.05, 4.69) is 19.2 Å². The normalized spacial score (nSPS) is 38.4. The molecule has 0 bridgehead atoms. The molecule has 2 rings (SSSR count). The molecule has 2 saturated carbocycles. The molecule has 1 heteroatoms. The molecule has 0 aromatic carbocycles. The van der Waals surface area contributed by atoms with Gasteiger partial charge in [-0.15, -0.1) is 0 Å². The molecule has 2 aliphatic rings. The molecule has 2 fully saturated rings. The second-order valence-corrected chi connectivity index (χ2v) is 5.66. The van der Waals surface area contributed by atoms with Gasteiger partial charge in [0.1, 0.15) is 0 Å². The molecule has 0 radical (unpaired) electrons. The number of hydrogen-bond acceptors (Lipinski definition) is 1. The first-order valence-corrected chi connectivity index (χ1v) is 7.06. The van der Waals surface area contributed by atoms with Gasteiger partial charge in [0.2, 0.25) is 0 Å². The average molecular weight is 209 g/mol. The second-order valence-electron chi connectivity index (χ2n) is 5.66. The van der Waals surface area contributed by atoms with E-state index in [0.29, 0.717) is 0 Å². The van der Waals surface area contributed by atoms with Crippen molar-refractivity contribution in [3.05, 3.63) is 0 Å². The molecule has 88 valence electrons. The molecular formula is C14H27N. The predicted octanol–water partition coefficient (Wildman–Crippen LogP) is 3.59. The fraction of sp³-hybridized carbons (Fsp3) is 1.00. The van der Waals surface area contributed by atoms with E-state index in [0.717, 1.165) is 30.3 Å². The third kappa shape index (κ3) is 2.55. The summed E-state index contributed by atoms with van der Waals surface area (Å²) in [4.78, 5) is 0. The van der Waals surface area contributed by atoms with Gasteiger partial charge in [0, 0.05) is 6.04 Å². The predicted molar refractivity (Wildman–Crippen MR) is 65.9 cm³/mol. The third-order valence-electron chi connectivity index (χ3n) is 4.84. The number of rotatable bonds is 3. The highest BCUT2D eigenvalue weighted by atomic mass is 14.9. The van der Waals surface area contributed by atoms with Crippen LogP contribution in [0, 0.1) is 17.8 Å². The zero-order chi connectivity index (χ0) is 10.7. The van der Waals surface area contributed by atoms with Crippen LogP contribution < -0.4 is 5.32 Å². The average Bonchev–Trinajstić information content (AvgIpc) is 2.63. The van der Waals surface area contributed by atoms with E-state index in [-0.39, 0.29) is 0 Å². The lowest BCUT2D eigenvalue weighted by Crippen LogP contribution is -2.34. The third-order valence-corrected chi connectivity index (χ3v) is 4.84. The minimum Gasteiger partial charge on any atom is -0.314 e. The highest BCUT2D eigenvalue weighted by Gasteiger charge is 2.37. The van der Waals surface area contributed by atoms with E-state index < -0.39 is 0 Å². The monoisotopic (exact) mass is 209 g/mol. The van der Waals surface area contributed by atoms with Crippen molar-refractivity contribution in [1.82, 2.24) is 5.32 Å². The maximum Gasteiger partial charge on any atom is 0.00954 e. The van der Waals surface area contributed by atoms with Crippen LogP contribution in [0.2, 0.25) is 0 Å². The van der Waals surface area contributed by atoms with Gasteiger partial charge in [-0.2, -0.15) is 0 Å². The van der Waals surface area contributed by atoms with E-state index in [4.69, 9.17) is 0 Å². The van der Waals surface area contributed by atoms with E-state index in [1.165, 1.54) is 44.9 Å². The van der Waals surface area contributed by atoms with Gasteiger partial charge < -0.3 is 5.32 Å². The van der Waals surface area contributed by atoms with E-state index in [9.17, 15) is 0 Å². The van der Waals surface area contributed by atoms with Crippen LogP contribution >= 0.6 is 0 Å². The minimum atomic E-state index is 0.821. The van der Waals surface area contributed by atoms with Crippen LogP contribution in [0.15, 0.2) is 0 Å². The van der Waals surface area contributed by atoms with Crippen molar-refractivity contribution in [2.75, 3.05) is 6.54 Å². The molecule has 3 unspecified atom stereocenters. The number of hydrogen-bond donors (Lipinski definition) is 1. The molecular weight excluding hydrogens is 182 g/mol. The van der Waals surface area contributed by atoms with Gasteiger partial charge in [-0.25, -0.2) is 0 Å². The maximum absolute atomic E-state index is 3.66. The van der Waals surface area contributed by atoms with Crippen molar-refractivity contribution >= 4 is 0 Å². The van der Waals surface area contributed by atoms with Crippen LogP contribution in [0.25, 0.3) is 0 Å². The lowest BCUT2D eigenvalue weighted by Gasteiger charge is -2.31. The maximum atomic E-state index is 3.66. The summed E-state index contributed by atoms with van der Waals surface area (Å²) in [6.45, 7) is 5.87. The van der Waals surface area contributed by atoms with Crippen LogP contribution in [0.1, 0.15) is 58.8 Å². The fourth-order valence-corrected chi connectivity index (χ4v) is 3.97. The zero-order valence-corrected chi connectivity index (χ0v) is 10.5. The smallest absolute Gasteiger partial charge is 0.00954 e. The van der Waals surface area contributed by atoms with Crippen molar-refractivity contribution in [1.29, 1.82) is 0 Å². The molecule has 0 aromatic heterocycles. The van der Waals surface area contributed by atoms with Crippen LogP contribution in [-0.2, 0) is 0 Å². The Morgan fingerprint density at radius 2 is 1.73 bits per heavy atom. The highest BCUT2D eigenvalue weighted by molar-refractivity contribution is 4.90. The standard InChI is InChI=1S/C14H27N/c1-3-15-14-10-9-13(11(14)2)12-7-5-4-6-8-12/h11-15H,3-10H2,1-2H3. The Morgan fingerprint density at radius 1 is 1.00 bits per heavy atom. The van der Waals surface area contributed by atoms with Gasteiger partial charge in [-0.05, 0) is 37.1 Å². The van der Waals surface area contributed by atoms with Crippen molar-refractivity contribution in [2.45, 2.75) is 64.8 Å². The summed E-state index contributed by atoms with van der Waals surface area (Å²) in [5.74, 6) is 3.03. The first-order valence-electron chi connectivity index (χ1n) is 7.06. The van der Waals surface area contributed by atoms with Crippen molar-refractivity contribution in [3.8, 4) is 0 Å². The summed E-state index contributed by atoms with van der Waals surface area (Å²) >= 11 is 0. The fourth-order valence-electron chi connectivity index (χ4n) is 3.97. The molecule has 0 aromatic rings. The van der Waals surface area contributed by atoms with E-state index in [1.54, 1.807) is 0 Å². The number of nitrogens with one attached hydrogen (secondary N) is 1. The molecule has 0 spiro atoms. The zero-order valence-electron chi connectivity index (χ0n) is 10.5. The molecule has 2 aliphatic carbocycles. The summed E-state index contributed by atoms with van der Waals surface area (Å²) in [5, 5.41) is 3.66. The first-order chi connectivity index (χ1) is 7.33. The van der Waals surface area contributed by atoms with Gasteiger partial charge in [-0.1, -0.05) is 46.0 Å². The van der Waals surface area contributed by atoms with Crippen LogP contribution in [0.4, 0.5) is 0 Å². The summed E-state index contributed by atoms with van der Waals surface area (Å²) in [7, 11) is 0. The van der Waals surface area contributed by atoms with E-state index >= 15 is 0 Å². The van der Waals surface area contributed by atoms with Gasteiger partial charge in [0.15, 0.2) is 0 Å². The van der Waals surface area contributed by atoms with Crippen LogP contribution in [0.3, 0.4) is 0 Å². The van der Waals surface area contributed by atoms with Gasteiger partial charge in [0.05, 0.1) is 0 Å². The quantitative estimate of drug-likeness (QED) is 0.749. The Bertz CT molecular complexity index is 184. The minimum absolute atomic E-state index is 0.821. The second kappa shape index (κ2) is 5.34. The molecule has 0 amide bonds. The Morgan fingerprint density at radius 3 is 2.40 bits per heavy atom. The topological polar surface area (TPSA) is 12.0 Å². The summed E-state index contributed by atoms with van der Waals surface area (Å²) < 4.78 is 0. The Kier molecular flexibility index (Phi) is 4.07. The summed E-state index contributed by atoms with van der Waals surface area (Å²) in [6, 6.07) is 0.821. The van der Waals surface area contributed by atoms with E-state index in [1.807, 2.05) is 0 Å². The molecule has 0 aliphatic heterocycles. The molecule has 3 atom stereocenters. The Hall–Kier alpha value is -0.0400. The van der Waals surface area contributed by atoms with Crippen LogP contribution in [0.5, 0.6) is 0 Å². The molecule has 1 N–H and O–H groups in total. The van der Waals surface area contributed by atoms with Gasteiger partial charge in [0.25, 0.3) is 0 Å². The van der Waals surface area contributed by atoms with Gasteiger partial charge >= 0.3 is 0 Å². The lowest BCUT2D eigenvalue weighted by atomic mass is 9.75. The highest BCUT2D eigenvalue weighted by Crippen LogP contribution is 2.42. The molecule has 15 heavy (non-hydrogen) atoms. The van der Waals surface area contributed by atoms with Crippen molar-refractivity contribution in [3.63, 3.8) is 0 Å². The van der Waals surface area contributed by atoms with Gasteiger partial charge in [-0.3, -0.25) is 0 Å². The summed E-state index contributed by atoms with van der Waals surface area (Å²) in [5.41, 5.74) is 0. The Balaban J connectivity index is 1.87. The van der Waals surface area contributed by atoms with Crippen molar-refractivity contribution in [2.24, 2.45) is 17.8 Å². The lowest BCUT2D eigenvalue weighted by molar-refractivity contribution is 0.200. The van der Waals surface area contributed by atoms with Crippen molar-refractivity contribution < 1.29 is 0 Å². The molecule has 0 saturated heterocycles. The largest absolute Gasteiger partial charge is 0.314 e.